The Kier molecular flexibility index (Phi) is 5.86. The summed E-state index contributed by atoms with van der Waals surface area (Å²) in [6.45, 7) is 7.71. The van der Waals surface area contributed by atoms with E-state index in [1.165, 1.54) is 0 Å². The number of ether oxygens (including phenoxy) is 1. The smallest absolute Gasteiger partial charge is 0.408 e. The summed E-state index contributed by atoms with van der Waals surface area (Å²) in [5.74, 6) is 0. The van der Waals surface area contributed by atoms with E-state index < -0.39 is 5.60 Å². The third kappa shape index (κ3) is 5.95. The van der Waals surface area contributed by atoms with Gasteiger partial charge in [-0.25, -0.2) is 4.79 Å². The summed E-state index contributed by atoms with van der Waals surface area (Å²) in [5.41, 5.74) is 6.99. The van der Waals surface area contributed by atoms with Crippen molar-refractivity contribution in [3.8, 4) is 0 Å². The van der Waals surface area contributed by atoms with E-state index >= 15 is 0 Å². The van der Waals surface area contributed by atoms with Gasteiger partial charge in [-0.15, -0.1) is 0 Å². The van der Waals surface area contributed by atoms with Gasteiger partial charge in [0.05, 0.1) is 6.04 Å². The van der Waals surface area contributed by atoms with E-state index in [4.69, 9.17) is 10.5 Å². The molecule has 0 spiro atoms. The molecule has 1 atom stereocenters. The predicted molar refractivity (Wildman–Crippen MR) is 82.5 cm³/mol. The van der Waals surface area contributed by atoms with Crippen LogP contribution in [-0.2, 0) is 4.74 Å². The number of rotatable bonds is 5. The summed E-state index contributed by atoms with van der Waals surface area (Å²) in [6.07, 6.45) is 2.64. The van der Waals surface area contributed by atoms with Gasteiger partial charge in [-0.05, 0) is 44.9 Å². The van der Waals surface area contributed by atoms with E-state index in [9.17, 15) is 4.79 Å². The molecule has 0 saturated heterocycles. The number of amides is 1. The number of nitrogens with two attached hydrogens (primary N) is 1. The van der Waals surface area contributed by atoms with Gasteiger partial charge in [0.2, 0.25) is 0 Å². The highest BCUT2D eigenvalue weighted by molar-refractivity contribution is 5.68. The van der Waals surface area contributed by atoms with E-state index in [1.54, 1.807) is 0 Å². The minimum atomic E-state index is -0.486. The quantitative estimate of drug-likeness (QED) is 0.799. The summed E-state index contributed by atoms with van der Waals surface area (Å²) >= 11 is 0. The van der Waals surface area contributed by atoms with Gasteiger partial charge in [-0.1, -0.05) is 31.9 Å². The van der Waals surface area contributed by atoms with E-state index in [-0.39, 0.29) is 12.1 Å². The molecule has 0 aliphatic heterocycles. The lowest BCUT2D eigenvalue weighted by molar-refractivity contribution is 0.0500. The highest BCUT2D eigenvalue weighted by Gasteiger charge is 2.20. The van der Waals surface area contributed by atoms with Crippen molar-refractivity contribution >= 4 is 11.8 Å². The van der Waals surface area contributed by atoms with Crippen molar-refractivity contribution in [3.63, 3.8) is 0 Å². The largest absolute Gasteiger partial charge is 0.444 e. The second-order valence-electron chi connectivity index (χ2n) is 6.01. The van der Waals surface area contributed by atoms with Gasteiger partial charge < -0.3 is 15.8 Å². The lowest BCUT2D eigenvalue weighted by atomic mass is 10.0. The molecule has 20 heavy (non-hydrogen) atoms. The van der Waals surface area contributed by atoms with Crippen LogP contribution in [0.2, 0.25) is 0 Å². The number of unbranched alkanes of at least 4 members (excludes halogenated alkanes) is 1. The lowest BCUT2D eigenvalue weighted by Gasteiger charge is -2.24. The van der Waals surface area contributed by atoms with Crippen molar-refractivity contribution in [2.24, 2.45) is 0 Å². The van der Waals surface area contributed by atoms with Crippen molar-refractivity contribution in [1.82, 2.24) is 5.32 Å². The van der Waals surface area contributed by atoms with Crippen LogP contribution in [0.3, 0.4) is 0 Å². The van der Waals surface area contributed by atoms with Crippen LogP contribution in [0.15, 0.2) is 24.3 Å². The number of hydrogen-bond acceptors (Lipinski definition) is 3. The Morgan fingerprint density at radius 2 is 1.90 bits per heavy atom. The molecule has 4 heteroatoms. The Morgan fingerprint density at radius 3 is 2.40 bits per heavy atom. The number of carbonyl (C=O) groups is 1. The Labute approximate surface area is 121 Å². The van der Waals surface area contributed by atoms with Gasteiger partial charge in [0.15, 0.2) is 0 Å². The summed E-state index contributed by atoms with van der Waals surface area (Å²) in [5, 5.41) is 2.94. The first-order chi connectivity index (χ1) is 9.31. The molecule has 0 saturated carbocycles. The van der Waals surface area contributed by atoms with E-state index in [1.807, 2.05) is 45.0 Å². The minimum absolute atomic E-state index is 0.0367. The van der Waals surface area contributed by atoms with Crippen molar-refractivity contribution in [3.05, 3.63) is 29.8 Å². The highest BCUT2D eigenvalue weighted by atomic mass is 16.6. The maximum absolute atomic E-state index is 11.9. The molecule has 0 radical (unpaired) electrons. The molecule has 4 nitrogen and oxygen atoms in total. The van der Waals surface area contributed by atoms with Crippen molar-refractivity contribution in [2.75, 3.05) is 5.73 Å². The van der Waals surface area contributed by atoms with Gasteiger partial charge in [-0.3, -0.25) is 0 Å². The normalized spacial score (nSPS) is 12.8. The van der Waals surface area contributed by atoms with Crippen LogP contribution in [-0.4, -0.2) is 11.7 Å². The Balaban J connectivity index is 2.74. The summed E-state index contributed by atoms with van der Waals surface area (Å²) in [7, 11) is 0. The van der Waals surface area contributed by atoms with Crippen LogP contribution in [0, 0.1) is 0 Å². The molecule has 112 valence electrons. The van der Waals surface area contributed by atoms with E-state index in [0.717, 1.165) is 30.5 Å². The van der Waals surface area contributed by atoms with Gasteiger partial charge in [-0.2, -0.15) is 0 Å². The second-order valence-corrected chi connectivity index (χ2v) is 6.01. The van der Waals surface area contributed by atoms with Crippen LogP contribution in [0.4, 0.5) is 10.5 Å². The monoisotopic (exact) mass is 278 g/mol. The predicted octanol–water partition coefficient (Wildman–Crippen LogP) is 4.02. The Morgan fingerprint density at radius 1 is 1.30 bits per heavy atom. The van der Waals surface area contributed by atoms with Crippen molar-refractivity contribution in [1.29, 1.82) is 0 Å². The molecule has 3 N–H and O–H groups in total. The summed E-state index contributed by atoms with van der Waals surface area (Å²) in [6, 6.07) is 7.57. The lowest BCUT2D eigenvalue weighted by Crippen LogP contribution is -2.35. The van der Waals surface area contributed by atoms with Crippen LogP contribution >= 0.6 is 0 Å². The molecule has 0 fully saturated rings. The molecule has 0 aromatic heterocycles. The fraction of sp³-hybridized carbons (Fsp3) is 0.562. The molecular formula is C16H26N2O2. The SMILES string of the molecule is CCCCC(NC(=O)OC(C)(C)C)c1ccc(N)cc1. The van der Waals surface area contributed by atoms with Gasteiger partial charge in [0.1, 0.15) is 5.60 Å². The highest BCUT2D eigenvalue weighted by Crippen LogP contribution is 2.21. The molecule has 1 unspecified atom stereocenters. The van der Waals surface area contributed by atoms with E-state index in [0.29, 0.717) is 0 Å². The third-order valence-corrected chi connectivity index (χ3v) is 2.88. The van der Waals surface area contributed by atoms with Crippen LogP contribution in [0.1, 0.15) is 58.6 Å². The van der Waals surface area contributed by atoms with Gasteiger partial charge in [0, 0.05) is 5.69 Å². The van der Waals surface area contributed by atoms with Gasteiger partial charge in [0.25, 0.3) is 0 Å². The first kappa shape index (κ1) is 16.3. The zero-order chi connectivity index (χ0) is 15.2. The number of benzene rings is 1. The maximum Gasteiger partial charge on any atom is 0.408 e. The zero-order valence-electron chi connectivity index (χ0n) is 12.9. The van der Waals surface area contributed by atoms with Crippen molar-refractivity contribution in [2.45, 2.75) is 58.6 Å². The fourth-order valence-corrected chi connectivity index (χ4v) is 1.91. The molecule has 0 aliphatic carbocycles. The van der Waals surface area contributed by atoms with Crippen LogP contribution in [0.25, 0.3) is 0 Å². The number of nitrogen functional groups attached to an aromatic ring is 1. The summed E-state index contributed by atoms with van der Waals surface area (Å²) in [4.78, 5) is 11.9. The number of alkyl carbamates (subject to hydrolysis) is 1. The molecule has 0 bridgehead atoms. The maximum atomic E-state index is 11.9. The number of hydrogen-bond donors (Lipinski definition) is 2. The first-order valence-electron chi connectivity index (χ1n) is 7.17. The Bertz CT molecular complexity index is 421. The molecule has 1 aromatic rings. The van der Waals surface area contributed by atoms with Gasteiger partial charge >= 0.3 is 6.09 Å². The molecular weight excluding hydrogens is 252 g/mol. The molecule has 1 amide bonds. The standard InChI is InChI=1S/C16H26N2O2/c1-5-6-7-14(12-8-10-13(17)11-9-12)18-15(19)20-16(2,3)4/h8-11,14H,5-7,17H2,1-4H3,(H,18,19). The molecule has 1 aromatic carbocycles. The first-order valence-corrected chi connectivity index (χ1v) is 7.17. The third-order valence-electron chi connectivity index (χ3n) is 2.88. The molecule has 0 aliphatic rings. The number of carbonyl (C=O) groups excluding carboxylic acids is 1. The molecule has 0 heterocycles. The van der Waals surface area contributed by atoms with Crippen LogP contribution < -0.4 is 11.1 Å². The Hall–Kier alpha value is -1.71. The average Bonchev–Trinajstić information content (AvgIpc) is 2.33. The number of nitrogens with one attached hydrogen (secondary N) is 1. The summed E-state index contributed by atoms with van der Waals surface area (Å²) < 4.78 is 5.32. The van der Waals surface area contributed by atoms with Crippen molar-refractivity contribution < 1.29 is 9.53 Å². The zero-order valence-corrected chi connectivity index (χ0v) is 12.9. The minimum Gasteiger partial charge on any atom is -0.444 e. The fourth-order valence-electron chi connectivity index (χ4n) is 1.91. The van der Waals surface area contributed by atoms with E-state index in [2.05, 4.69) is 12.2 Å². The average molecular weight is 278 g/mol. The number of anilines is 1. The molecule has 1 rings (SSSR count). The van der Waals surface area contributed by atoms with Crippen LogP contribution in [0.5, 0.6) is 0 Å². The second kappa shape index (κ2) is 7.17. The topological polar surface area (TPSA) is 64.3 Å².